The maximum absolute atomic E-state index is 14.4. The monoisotopic (exact) mass is 583 g/mol. The summed E-state index contributed by atoms with van der Waals surface area (Å²) in [5, 5.41) is 6.34. The van der Waals surface area contributed by atoms with Crippen LogP contribution in [0.1, 0.15) is 21.5 Å². The third-order valence-corrected chi connectivity index (χ3v) is 6.93. The summed E-state index contributed by atoms with van der Waals surface area (Å²) in [5.74, 6) is -0.0645. The number of benzene rings is 3. The molecule has 12 heteroatoms. The molecule has 0 saturated carbocycles. The maximum atomic E-state index is 14.4. The van der Waals surface area contributed by atoms with Crippen molar-refractivity contribution < 1.29 is 27.6 Å². The van der Waals surface area contributed by atoms with E-state index in [0.29, 0.717) is 22.9 Å². The molecular formula is C26H22Cl2F3N3O3S. The van der Waals surface area contributed by atoms with E-state index in [4.69, 9.17) is 28.0 Å². The Labute approximate surface area is 230 Å². The molecule has 1 aliphatic heterocycles. The number of nitrogens with one attached hydrogen (secondary N) is 3. The molecular weight excluding hydrogens is 562 g/mol. The number of carbonyl (C=O) groups is 2. The van der Waals surface area contributed by atoms with Gasteiger partial charge in [0, 0.05) is 39.0 Å². The Hall–Kier alpha value is -2.92. The Morgan fingerprint density at radius 3 is 2.37 bits per heavy atom. The summed E-state index contributed by atoms with van der Waals surface area (Å²) in [6.45, 7) is 0.276. The van der Waals surface area contributed by atoms with E-state index in [1.807, 2.05) is 6.26 Å². The number of alkyl halides is 3. The number of rotatable bonds is 8. The lowest BCUT2D eigenvalue weighted by molar-refractivity contribution is -0.269. The highest BCUT2D eigenvalue weighted by atomic mass is 35.5. The molecule has 0 fully saturated rings. The van der Waals surface area contributed by atoms with E-state index in [0.717, 1.165) is 24.0 Å². The van der Waals surface area contributed by atoms with E-state index in [9.17, 15) is 22.8 Å². The predicted molar refractivity (Wildman–Crippen MR) is 144 cm³/mol. The molecule has 38 heavy (non-hydrogen) atoms. The number of hydroxylamine groups is 1. The number of hydrogen-bond donors (Lipinski definition) is 3. The lowest BCUT2D eigenvalue weighted by atomic mass is 9.90. The average Bonchev–Trinajstić information content (AvgIpc) is 3.33. The molecule has 3 N–H and O–H groups in total. The van der Waals surface area contributed by atoms with E-state index in [-0.39, 0.29) is 39.3 Å². The molecule has 0 spiro atoms. The van der Waals surface area contributed by atoms with E-state index < -0.39 is 17.7 Å². The Balaban J connectivity index is 1.69. The van der Waals surface area contributed by atoms with Crippen molar-refractivity contribution in [2.24, 2.45) is 0 Å². The van der Waals surface area contributed by atoms with Gasteiger partial charge in [-0.2, -0.15) is 24.9 Å². The van der Waals surface area contributed by atoms with Gasteiger partial charge >= 0.3 is 6.18 Å². The van der Waals surface area contributed by atoms with Gasteiger partial charge in [-0.15, -0.1) is 0 Å². The van der Waals surface area contributed by atoms with Crippen LogP contribution in [0.4, 0.5) is 13.2 Å². The highest BCUT2D eigenvalue weighted by Crippen LogP contribution is 2.48. The SMILES string of the molecule is CSCCNC(=O)CNC(=O)c1ccc(C2=CC(c3cc(Cl)cc(Cl)c3)(C(F)(F)F)ON2)c2ccccc12. The first kappa shape index (κ1) is 28.1. The minimum absolute atomic E-state index is 0.0281. The second kappa shape index (κ2) is 11.4. The topological polar surface area (TPSA) is 79.5 Å². The molecule has 1 unspecified atom stereocenters. The van der Waals surface area contributed by atoms with Crippen molar-refractivity contribution in [3.63, 3.8) is 0 Å². The van der Waals surface area contributed by atoms with Crippen molar-refractivity contribution in [3.8, 4) is 0 Å². The molecule has 1 heterocycles. The number of amides is 2. The molecule has 200 valence electrons. The van der Waals surface area contributed by atoms with Crippen molar-refractivity contribution in [2.45, 2.75) is 11.8 Å². The van der Waals surface area contributed by atoms with Gasteiger partial charge in [-0.05, 0) is 47.4 Å². The Kier molecular flexibility index (Phi) is 8.46. The van der Waals surface area contributed by atoms with Crippen molar-refractivity contribution in [2.75, 3.05) is 25.1 Å². The second-order valence-corrected chi connectivity index (χ2v) is 10.2. The van der Waals surface area contributed by atoms with Crippen LogP contribution in [-0.2, 0) is 15.2 Å². The van der Waals surface area contributed by atoms with Gasteiger partial charge < -0.3 is 10.6 Å². The third kappa shape index (κ3) is 5.73. The first-order chi connectivity index (χ1) is 18.1. The van der Waals surface area contributed by atoms with E-state index in [2.05, 4.69) is 16.1 Å². The summed E-state index contributed by atoms with van der Waals surface area (Å²) in [4.78, 5) is 30.0. The fourth-order valence-corrected chi connectivity index (χ4v) is 4.92. The predicted octanol–water partition coefficient (Wildman–Crippen LogP) is 5.69. The summed E-state index contributed by atoms with van der Waals surface area (Å²) >= 11 is 13.6. The van der Waals surface area contributed by atoms with Gasteiger partial charge in [-0.25, -0.2) is 0 Å². The average molecular weight is 584 g/mol. The van der Waals surface area contributed by atoms with Crippen molar-refractivity contribution >= 4 is 63.2 Å². The summed E-state index contributed by atoms with van der Waals surface area (Å²) in [6.07, 6.45) is -2.01. The second-order valence-electron chi connectivity index (χ2n) is 8.39. The smallest absolute Gasteiger partial charge is 0.354 e. The summed E-state index contributed by atoms with van der Waals surface area (Å²) in [7, 11) is 0. The van der Waals surface area contributed by atoms with Gasteiger partial charge in [0.1, 0.15) is 0 Å². The first-order valence-electron chi connectivity index (χ1n) is 11.3. The zero-order valence-corrected chi connectivity index (χ0v) is 22.2. The fourth-order valence-electron chi connectivity index (χ4n) is 4.09. The number of carbonyl (C=O) groups excluding carboxylic acids is 2. The minimum Gasteiger partial charge on any atom is -0.354 e. The minimum atomic E-state index is -4.86. The lowest BCUT2D eigenvalue weighted by Crippen LogP contribution is -2.42. The standard InChI is InChI=1S/C26H22Cl2F3N3O3S/c1-38-9-8-32-23(35)14-33-24(36)21-7-6-20(18-4-2-3-5-19(18)21)22-13-25(37-34-22,26(29,30)31)15-10-16(27)12-17(28)11-15/h2-7,10-13,34H,8-9,14H2,1H3,(H,32,35)(H,33,36). The molecule has 0 bridgehead atoms. The number of fused-ring (bicyclic) bond motifs is 1. The van der Waals surface area contributed by atoms with Crippen molar-refractivity contribution in [1.29, 1.82) is 0 Å². The van der Waals surface area contributed by atoms with Gasteiger partial charge in [0.15, 0.2) is 0 Å². The van der Waals surface area contributed by atoms with Crippen LogP contribution in [0.2, 0.25) is 10.0 Å². The molecule has 1 atom stereocenters. The van der Waals surface area contributed by atoms with Gasteiger partial charge in [0.05, 0.1) is 12.2 Å². The molecule has 3 aromatic carbocycles. The van der Waals surface area contributed by atoms with Crippen LogP contribution in [0.25, 0.3) is 16.5 Å². The number of thioether (sulfide) groups is 1. The normalized spacial score (nSPS) is 17.2. The van der Waals surface area contributed by atoms with Crippen LogP contribution in [0, 0.1) is 0 Å². The van der Waals surface area contributed by atoms with E-state index in [1.54, 1.807) is 36.0 Å². The fraction of sp³-hybridized carbons (Fsp3) is 0.231. The lowest BCUT2D eigenvalue weighted by Gasteiger charge is -2.28. The summed E-state index contributed by atoms with van der Waals surface area (Å²) in [5.41, 5.74) is -0.0279. The number of halogens is 5. The first-order valence-corrected chi connectivity index (χ1v) is 13.5. The Morgan fingerprint density at radius 2 is 1.71 bits per heavy atom. The quantitative estimate of drug-likeness (QED) is 0.297. The van der Waals surface area contributed by atoms with Crippen molar-refractivity contribution in [3.05, 3.63) is 87.4 Å². The zero-order valence-electron chi connectivity index (χ0n) is 19.9. The molecule has 0 aromatic heterocycles. The van der Waals surface area contributed by atoms with Crippen molar-refractivity contribution in [1.82, 2.24) is 16.1 Å². The van der Waals surface area contributed by atoms with E-state index in [1.165, 1.54) is 18.2 Å². The van der Waals surface area contributed by atoms with Gasteiger partial charge in [-0.3, -0.25) is 19.9 Å². The van der Waals surface area contributed by atoms with Gasteiger partial charge in [0.25, 0.3) is 5.91 Å². The summed E-state index contributed by atoms with van der Waals surface area (Å²) in [6, 6.07) is 13.4. The molecule has 0 aliphatic carbocycles. The van der Waals surface area contributed by atoms with Gasteiger partial charge in [0.2, 0.25) is 11.5 Å². The zero-order chi connectivity index (χ0) is 27.5. The highest BCUT2D eigenvalue weighted by molar-refractivity contribution is 7.98. The molecule has 2 amide bonds. The molecule has 4 rings (SSSR count). The highest BCUT2D eigenvalue weighted by Gasteiger charge is 2.59. The Morgan fingerprint density at radius 1 is 1.03 bits per heavy atom. The van der Waals surface area contributed by atoms with Crippen LogP contribution in [0.5, 0.6) is 0 Å². The maximum Gasteiger partial charge on any atom is 0.428 e. The van der Waals surface area contributed by atoms with Crippen LogP contribution in [0.3, 0.4) is 0 Å². The molecule has 0 radical (unpaired) electrons. The van der Waals surface area contributed by atoms with Crippen LogP contribution in [-0.4, -0.2) is 43.1 Å². The Bertz CT molecular complexity index is 1400. The third-order valence-electron chi connectivity index (χ3n) is 5.88. The largest absolute Gasteiger partial charge is 0.428 e. The molecule has 1 aliphatic rings. The molecule has 6 nitrogen and oxygen atoms in total. The van der Waals surface area contributed by atoms with E-state index >= 15 is 0 Å². The van der Waals surface area contributed by atoms with Crippen LogP contribution in [0.15, 0.2) is 60.7 Å². The van der Waals surface area contributed by atoms with Gasteiger partial charge in [-0.1, -0.05) is 53.5 Å². The van der Waals surface area contributed by atoms with Crippen LogP contribution >= 0.6 is 35.0 Å². The molecule has 3 aromatic rings. The number of hydrogen-bond acceptors (Lipinski definition) is 5. The van der Waals surface area contributed by atoms with Crippen LogP contribution < -0.4 is 16.1 Å². The molecule has 0 saturated heterocycles. The summed E-state index contributed by atoms with van der Waals surface area (Å²) < 4.78 is 43.2.